The van der Waals surface area contributed by atoms with Crippen molar-refractivity contribution < 1.29 is 4.74 Å². The van der Waals surface area contributed by atoms with E-state index in [2.05, 4.69) is 36.0 Å². The van der Waals surface area contributed by atoms with Gasteiger partial charge in [0, 0.05) is 44.5 Å². The fourth-order valence-corrected chi connectivity index (χ4v) is 10.4. The zero-order valence-electron chi connectivity index (χ0n) is 22.6. The second kappa shape index (κ2) is 9.63. The zero-order chi connectivity index (χ0) is 24.0. The van der Waals surface area contributed by atoms with Gasteiger partial charge in [0.2, 0.25) is 5.88 Å². The van der Waals surface area contributed by atoms with E-state index in [0.717, 1.165) is 48.1 Å². The molecular weight excluding hydrogens is 430 g/mol. The lowest BCUT2D eigenvalue weighted by atomic mass is 9.44. The lowest BCUT2D eigenvalue weighted by Crippen LogP contribution is -2.57. The fraction of sp³-hybridized carbons (Fsp3) is 0.839. The summed E-state index contributed by atoms with van der Waals surface area (Å²) in [7, 11) is 0. The highest BCUT2D eigenvalue weighted by molar-refractivity contribution is 5.11. The molecule has 6 rings (SSSR count). The monoisotopic (exact) mass is 479 g/mol. The van der Waals surface area contributed by atoms with Crippen molar-refractivity contribution in [1.29, 1.82) is 0 Å². The molecule has 35 heavy (non-hydrogen) atoms. The highest BCUT2D eigenvalue weighted by atomic mass is 16.5. The predicted molar refractivity (Wildman–Crippen MR) is 142 cm³/mol. The van der Waals surface area contributed by atoms with Crippen LogP contribution in [0.15, 0.2) is 24.4 Å². The number of nitrogens with one attached hydrogen (secondary N) is 1. The van der Waals surface area contributed by atoms with E-state index in [1.165, 1.54) is 84.0 Å². The van der Waals surface area contributed by atoms with E-state index in [4.69, 9.17) is 4.74 Å². The van der Waals surface area contributed by atoms with Gasteiger partial charge in [-0.1, -0.05) is 26.8 Å². The second-order valence-corrected chi connectivity index (χ2v) is 13.6. The summed E-state index contributed by atoms with van der Waals surface area (Å²) < 4.78 is 6.14. The molecule has 0 radical (unpaired) electrons. The van der Waals surface area contributed by atoms with E-state index >= 15 is 0 Å². The van der Waals surface area contributed by atoms with E-state index < -0.39 is 0 Å². The first-order chi connectivity index (χ1) is 17.0. The largest absolute Gasteiger partial charge is 0.477 e. The minimum atomic E-state index is 0.509. The molecule has 2 heterocycles. The molecule has 1 N–H and O–H groups in total. The maximum atomic E-state index is 6.14. The quantitative estimate of drug-likeness (QED) is 0.560. The molecule has 1 saturated heterocycles. The van der Waals surface area contributed by atoms with Crippen LogP contribution in [0, 0.1) is 46.3 Å². The van der Waals surface area contributed by atoms with Gasteiger partial charge in [0.1, 0.15) is 0 Å². The molecule has 9 unspecified atom stereocenters. The lowest BCUT2D eigenvalue weighted by molar-refractivity contribution is -0.125. The first-order valence-electron chi connectivity index (χ1n) is 15.0. The van der Waals surface area contributed by atoms with Crippen LogP contribution in [0.2, 0.25) is 0 Å². The Hall–Kier alpha value is -1.13. The number of rotatable bonds is 5. The topological polar surface area (TPSA) is 37.4 Å². The number of hydrogen-bond acceptors (Lipinski definition) is 4. The van der Waals surface area contributed by atoms with Crippen molar-refractivity contribution in [3.8, 4) is 5.88 Å². The molecule has 0 amide bonds. The molecular formula is C31H49N3O. The summed E-state index contributed by atoms with van der Waals surface area (Å²) in [4.78, 5) is 7.21. The maximum Gasteiger partial charge on any atom is 0.213 e. The standard InChI is InChI=1S/C31H49N3O/c1-22(21-35-29-6-4-5-15-33-29)26-9-10-27-25-8-7-23-20-24(34-18-16-32-17-19-34)11-13-30(23,2)28(25)12-14-31(26,27)3/h4-6,15,22-28,32H,7-14,16-21H2,1-3H3. The molecule has 4 heteroatoms. The Balaban J connectivity index is 1.12. The van der Waals surface area contributed by atoms with Gasteiger partial charge in [0.25, 0.3) is 0 Å². The van der Waals surface area contributed by atoms with Crippen molar-refractivity contribution in [3.63, 3.8) is 0 Å². The molecule has 1 aromatic rings. The van der Waals surface area contributed by atoms with Gasteiger partial charge >= 0.3 is 0 Å². The Bertz CT molecular complexity index is 856. The van der Waals surface area contributed by atoms with Crippen LogP contribution >= 0.6 is 0 Å². The minimum absolute atomic E-state index is 0.509. The summed E-state index contributed by atoms with van der Waals surface area (Å²) in [5.41, 5.74) is 1.11. The van der Waals surface area contributed by atoms with E-state index in [9.17, 15) is 0 Å². The Morgan fingerprint density at radius 1 is 1.00 bits per heavy atom. The fourth-order valence-electron chi connectivity index (χ4n) is 10.4. The molecule has 194 valence electrons. The zero-order valence-corrected chi connectivity index (χ0v) is 22.6. The summed E-state index contributed by atoms with van der Waals surface area (Å²) in [6.45, 7) is 13.6. The van der Waals surface area contributed by atoms with Crippen molar-refractivity contribution in [2.45, 2.75) is 84.6 Å². The molecule has 5 aliphatic rings. The van der Waals surface area contributed by atoms with E-state index in [1.807, 2.05) is 24.4 Å². The third-order valence-electron chi connectivity index (χ3n) is 12.2. The first kappa shape index (κ1) is 24.2. The Morgan fingerprint density at radius 2 is 1.80 bits per heavy atom. The summed E-state index contributed by atoms with van der Waals surface area (Å²) in [5, 5.41) is 3.55. The van der Waals surface area contributed by atoms with Crippen molar-refractivity contribution in [2.75, 3.05) is 32.8 Å². The van der Waals surface area contributed by atoms with E-state index in [0.29, 0.717) is 16.7 Å². The number of nitrogens with zero attached hydrogens (tertiary/aromatic N) is 2. The summed E-state index contributed by atoms with van der Waals surface area (Å²) in [6, 6.07) is 6.84. The van der Waals surface area contributed by atoms with Gasteiger partial charge in [-0.05, 0) is 110 Å². The number of hydrogen-bond donors (Lipinski definition) is 1. The smallest absolute Gasteiger partial charge is 0.213 e. The molecule has 5 fully saturated rings. The second-order valence-electron chi connectivity index (χ2n) is 13.6. The van der Waals surface area contributed by atoms with Gasteiger partial charge in [-0.25, -0.2) is 4.98 Å². The van der Waals surface area contributed by atoms with Crippen LogP contribution in [0.3, 0.4) is 0 Å². The van der Waals surface area contributed by atoms with Crippen LogP contribution in [0.1, 0.15) is 78.6 Å². The van der Waals surface area contributed by atoms with Crippen molar-refractivity contribution in [1.82, 2.24) is 15.2 Å². The average molecular weight is 480 g/mol. The molecule has 4 saturated carbocycles. The van der Waals surface area contributed by atoms with Gasteiger partial charge < -0.3 is 10.1 Å². The van der Waals surface area contributed by atoms with Crippen LogP contribution in [0.4, 0.5) is 0 Å². The van der Waals surface area contributed by atoms with Gasteiger partial charge in [-0.3, -0.25) is 4.90 Å². The van der Waals surface area contributed by atoms with E-state index in [-0.39, 0.29) is 0 Å². The third-order valence-corrected chi connectivity index (χ3v) is 12.2. The number of aromatic nitrogens is 1. The molecule has 9 atom stereocenters. The highest BCUT2D eigenvalue weighted by Crippen LogP contribution is 2.68. The van der Waals surface area contributed by atoms with Gasteiger partial charge in [0.05, 0.1) is 6.61 Å². The van der Waals surface area contributed by atoms with Gasteiger partial charge in [0.15, 0.2) is 0 Å². The number of piperazine rings is 1. The van der Waals surface area contributed by atoms with Crippen molar-refractivity contribution in [2.24, 2.45) is 46.3 Å². The molecule has 1 aliphatic heterocycles. The van der Waals surface area contributed by atoms with Crippen LogP contribution in [0.25, 0.3) is 0 Å². The molecule has 0 aromatic carbocycles. The molecule has 0 bridgehead atoms. The molecule has 4 aliphatic carbocycles. The Kier molecular flexibility index (Phi) is 6.67. The number of fused-ring (bicyclic) bond motifs is 5. The van der Waals surface area contributed by atoms with Gasteiger partial charge in [-0.15, -0.1) is 0 Å². The molecule has 0 spiro atoms. The van der Waals surface area contributed by atoms with Crippen LogP contribution < -0.4 is 10.1 Å². The van der Waals surface area contributed by atoms with Crippen LogP contribution in [-0.4, -0.2) is 48.7 Å². The first-order valence-corrected chi connectivity index (χ1v) is 15.0. The van der Waals surface area contributed by atoms with Gasteiger partial charge in [-0.2, -0.15) is 0 Å². The summed E-state index contributed by atoms with van der Waals surface area (Å²) >= 11 is 0. The summed E-state index contributed by atoms with van der Waals surface area (Å²) in [5.74, 6) is 6.03. The third kappa shape index (κ3) is 4.25. The van der Waals surface area contributed by atoms with Crippen LogP contribution in [-0.2, 0) is 0 Å². The predicted octanol–water partition coefficient (Wildman–Crippen LogP) is 6.03. The Morgan fingerprint density at radius 3 is 2.60 bits per heavy atom. The summed E-state index contributed by atoms with van der Waals surface area (Å²) in [6.07, 6.45) is 15.0. The van der Waals surface area contributed by atoms with Crippen molar-refractivity contribution >= 4 is 0 Å². The lowest BCUT2D eigenvalue weighted by Gasteiger charge is -2.62. The SMILES string of the molecule is CC(COc1ccccn1)C1CCC2C3CCC4CC(N5CCNCC5)CCC4(C)C3CCC12C. The minimum Gasteiger partial charge on any atom is -0.477 e. The number of ether oxygens (including phenoxy) is 1. The highest BCUT2D eigenvalue weighted by Gasteiger charge is 2.60. The molecule has 4 nitrogen and oxygen atoms in total. The van der Waals surface area contributed by atoms with Crippen LogP contribution in [0.5, 0.6) is 5.88 Å². The number of pyridine rings is 1. The molecule has 1 aromatic heterocycles. The average Bonchev–Trinajstić information content (AvgIpc) is 3.25. The van der Waals surface area contributed by atoms with Crippen molar-refractivity contribution in [3.05, 3.63) is 24.4 Å². The normalized spacial score (nSPS) is 44.7. The maximum absolute atomic E-state index is 6.14. The van der Waals surface area contributed by atoms with E-state index in [1.54, 1.807) is 0 Å². The Labute approximate surface area is 214 Å².